The van der Waals surface area contributed by atoms with Crippen molar-refractivity contribution in [3.63, 3.8) is 0 Å². The largest absolute Gasteiger partial charge is 0.368 e. The van der Waals surface area contributed by atoms with Gasteiger partial charge in [0.15, 0.2) is 0 Å². The lowest BCUT2D eigenvalue weighted by atomic mass is 10.1. The molecular weight excluding hydrogens is 308 g/mol. The number of nitrogens with one attached hydrogen (secondary N) is 2. The predicted molar refractivity (Wildman–Crippen MR) is 91.8 cm³/mol. The number of rotatable bonds is 10. The summed E-state index contributed by atoms with van der Waals surface area (Å²) in [4.78, 5) is 35.2. The molecule has 0 aromatic heterocycles. The molecule has 6 N–H and O–H groups in total. The molecule has 0 bridgehead atoms. The highest BCUT2D eigenvalue weighted by molar-refractivity contribution is 5.90. The molecular formula is C17H26N4O3. The molecule has 0 heterocycles. The lowest BCUT2D eigenvalue weighted by Gasteiger charge is -2.16. The second kappa shape index (κ2) is 10.4. The third kappa shape index (κ3) is 7.23. The van der Waals surface area contributed by atoms with Gasteiger partial charge < -0.3 is 22.1 Å². The average molecular weight is 334 g/mol. The van der Waals surface area contributed by atoms with Crippen LogP contribution in [0.5, 0.6) is 0 Å². The van der Waals surface area contributed by atoms with Gasteiger partial charge in [0.1, 0.15) is 6.04 Å². The van der Waals surface area contributed by atoms with Crippen LogP contribution in [-0.2, 0) is 20.8 Å². The zero-order valence-electron chi connectivity index (χ0n) is 14.0. The lowest BCUT2D eigenvalue weighted by Crippen LogP contribution is -2.50. The summed E-state index contributed by atoms with van der Waals surface area (Å²) in [5, 5.41) is 5.00. The minimum absolute atomic E-state index is 0.239. The van der Waals surface area contributed by atoms with Crippen LogP contribution in [0.4, 0.5) is 0 Å². The van der Waals surface area contributed by atoms with E-state index in [9.17, 15) is 14.4 Å². The van der Waals surface area contributed by atoms with E-state index in [1.54, 1.807) is 0 Å². The van der Waals surface area contributed by atoms with Gasteiger partial charge in [-0.05, 0) is 12.0 Å². The van der Waals surface area contributed by atoms with E-state index in [0.717, 1.165) is 18.4 Å². The Morgan fingerprint density at radius 2 is 1.83 bits per heavy atom. The maximum Gasteiger partial charge on any atom is 0.240 e. The Hall–Kier alpha value is -2.41. The molecule has 0 aliphatic rings. The quantitative estimate of drug-likeness (QED) is 0.474. The second-order valence-electron chi connectivity index (χ2n) is 5.68. The van der Waals surface area contributed by atoms with Gasteiger partial charge in [0.05, 0.1) is 12.6 Å². The Balaban J connectivity index is 2.45. The van der Waals surface area contributed by atoms with Crippen LogP contribution in [0.3, 0.4) is 0 Å². The predicted octanol–water partition coefficient (Wildman–Crippen LogP) is -0.167. The maximum absolute atomic E-state index is 11.9. The summed E-state index contributed by atoms with van der Waals surface area (Å²) in [7, 11) is 0. The van der Waals surface area contributed by atoms with E-state index in [1.807, 2.05) is 37.3 Å². The first kappa shape index (κ1) is 19.6. The van der Waals surface area contributed by atoms with Crippen molar-refractivity contribution in [3.8, 4) is 0 Å². The molecule has 0 aliphatic heterocycles. The van der Waals surface area contributed by atoms with Gasteiger partial charge in [-0.25, -0.2) is 0 Å². The first-order chi connectivity index (χ1) is 11.4. The fourth-order valence-corrected chi connectivity index (χ4v) is 2.17. The molecule has 0 radical (unpaired) electrons. The van der Waals surface area contributed by atoms with E-state index in [-0.39, 0.29) is 12.5 Å². The molecule has 1 aromatic carbocycles. The molecule has 3 amide bonds. The smallest absolute Gasteiger partial charge is 0.240 e. The molecule has 1 aromatic rings. The summed E-state index contributed by atoms with van der Waals surface area (Å²) in [5.74, 6) is -1.48. The highest BCUT2D eigenvalue weighted by atomic mass is 16.2. The van der Waals surface area contributed by atoms with Crippen molar-refractivity contribution in [3.05, 3.63) is 35.9 Å². The molecule has 1 rings (SSSR count). The SMILES string of the molecule is CCCC[C@@H](N)C(=O)NCC(=O)N[C@@H](Cc1ccccc1)C(N)=O. The second-order valence-corrected chi connectivity index (χ2v) is 5.68. The van der Waals surface area contributed by atoms with Crippen LogP contribution in [0.1, 0.15) is 31.7 Å². The van der Waals surface area contributed by atoms with Crippen LogP contribution < -0.4 is 22.1 Å². The molecule has 0 aliphatic carbocycles. The number of primary amides is 1. The number of hydrogen-bond acceptors (Lipinski definition) is 4. The zero-order chi connectivity index (χ0) is 17.9. The highest BCUT2D eigenvalue weighted by Gasteiger charge is 2.19. The first-order valence-electron chi connectivity index (χ1n) is 8.10. The van der Waals surface area contributed by atoms with Crippen LogP contribution in [0.25, 0.3) is 0 Å². The Kier molecular flexibility index (Phi) is 8.49. The fourth-order valence-electron chi connectivity index (χ4n) is 2.17. The summed E-state index contributed by atoms with van der Waals surface area (Å²) in [5.41, 5.74) is 11.9. The van der Waals surface area contributed by atoms with Gasteiger partial charge >= 0.3 is 0 Å². The fraction of sp³-hybridized carbons (Fsp3) is 0.471. The van der Waals surface area contributed by atoms with E-state index in [0.29, 0.717) is 12.8 Å². The third-order valence-electron chi connectivity index (χ3n) is 3.59. The molecule has 132 valence electrons. The average Bonchev–Trinajstić information content (AvgIpc) is 2.57. The number of hydrogen-bond donors (Lipinski definition) is 4. The third-order valence-corrected chi connectivity index (χ3v) is 3.59. The van der Waals surface area contributed by atoms with Crippen molar-refractivity contribution in [1.82, 2.24) is 10.6 Å². The Bertz CT molecular complexity index is 548. The van der Waals surface area contributed by atoms with Gasteiger partial charge in [0, 0.05) is 6.42 Å². The number of carbonyl (C=O) groups excluding carboxylic acids is 3. The van der Waals surface area contributed by atoms with Crippen LogP contribution in [0.2, 0.25) is 0 Å². The first-order valence-corrected chi connectivity index (χ1v) is 8.10. The Labute approximate surface area is 142 Å². The number of nitrogens with two attached hydrogens (primary N) is 2. The molecule has 0 fully saturated rings. The van der Waals surface area contributed by atoms with Crippen molar-refractivity contribution in [2.75, 3.05) is 6.54 Å². The van der Waals surface area contributed by atoms with E-state index >= 15 is 0 Å². The summed E-state index contributed by atoms with van der Waals surface area (Å²) < 4.78 is 0. The molecule has 0 unspecified atom stereocenters. The van der Waals surface area contributed by atoms with E-state index in [4.69, 9.17) is 11.5 Å². The molecule has 24 heavy (non-hydrogen) atoms. The normalized spacial score (nSPS) is 12.9. The van der Waals surface area contributed by atoms with Crippen molar-refractivity contribution in [2.24, 2.45) is 11.5 Å². The van der Waals surface area contributed by atoms with Crippen molar-refractivity contribution < 1.29 is 14.4 Å². The molecule has 7 heteroatoms. The van der Waals surface area contributed by atoms with Gasteiger partial charge in [-0.2, -0.15) is 0 Å². The molecule has 2 atom stereocenters. The van der Waals surface area contributed by atoms with Gasteiger partial charge in [-0.1, -0.05) is 50.1 Å². The van der Waals surface area contributed by atoms with Crippen LogP contribution in [-0.4, -0.2) is 36.3 Å². The van der Waals surface area contributed by atoms with Crippen LogP contribution >= 0.6 is 0 Å². The molecule has 0 saturated carbocycles. The summed E-state index contributed by atoms with van der Waals surface area (Å²) in [6, 6.07) is 7.77. The lowest BCUT2D eigenvalue weighted by molar-refractivity contribution is -0.129. The van der Waals surface area contributed by atoms with Crippen LogP contribution in [0, 0.1) is 0 Å². The van der Waals surface area contributed by atoms with Gasteiger partial charge in [-0.15, -0.1) is 0 Å². The van der Waals surface area contributed by atoms with E-state index in [2.05, 4.69) is 10.6 Å². The van der Waals surface area contributed by atoms with Crippen molar-refractivity contribution >= 4 is 17.7 Å². The zero-order valence-corrected chi connectivity index (χ0v) is 14.0. The highest BCUT2D eigenvalue weighted by Crippen LogP contribution is 2.03. The summed E-state index contributed by atoms with van der Waals surface area (Å²) >= 11 is 0. The molecule has 7 nitrogen and oxygen atoms in total. The Morgan fingerprint density at radius 3 is 2.42 bits per heavy atom. The van der Waals surface area contributed by atoms with Gasteiger partial charge in [-0.3, -0.25) is 14.4 Å². The summed E-state index contributed by atoms with van der Waals surface area (Å²) in [6.45, 7) is 1.77. The standard InChI is InChI=1S/C17H26N4O3/c1-2-3-9-13(18)17(24)20-11-15(22)21-14(16(19)23)10-12-7-5-4-6-8-12/h4-8,13-14H,2-3,9-11,18H2,1H3,(H2,19,23)(H,20,24)(H,21,22)/t13-,14+/m1/s1. The molecule has 0 spiro atoms. The van der Waals surface area contributed by atoms with Crippen LogP contribution in [0.15, 0.2) is 30.3 Å². The number of carbonyl (C=O) groups is 3. The molecule has 0 saturated heterocycles. The number of unbranched alkanes of at least 4 members (excludes halogenated alkanes) is 1. The van der Waals surface area contributed by atoms with E-state index < -0.39 is 23.9 Å². The minimum atomic E-state index is -0.828. The topological polar surface area (TPSA) is 127 Å². The maximum atomic E-state index is 11.9. The van der Waals surface area contributed by atoms with Gasteiger partial charge in [0.2, 0.25) is 17.7 Å². The summed E-state index contributed by atoms with van der Waals surface area (Å²) in [6.07, 6.45) is 2.66. The minimum Gasteiger partial charge on any atom is -0.368 e. The van der Waals surface area contributed by atoms with Crippen molar-refractivity contribution in [1.29, 1.82) is 0 Å². The van der Waals surface area contributed by atoms with Crippen molar-refractivity contribution in [2.45, 2.75) is 44.7 Å². The monoisotopic (exact) mass is 334 g/mol. The number of benzene rings is 1. The number of amides is 3. The Morgan fingerprint density at radius 1 is 1.17 bits per heavy atom. The van der Waals surface area contributed by atoms with E-state index in [1.165, 1.54) is 0 Å². The van der Waals surface area contributed by atoms with Gasteiger partial charge in [0.25, 0.3) is 0 Å².